The molecule has 0 spiro atoms. The van der Waals surface area contributed by atoms with Crippen molar-refractivity contribution in [3.8, 4) is 0 Å². The number of amides is 1. The molecule has 0 radical (unpaired) electrons. The number of nitrogens with one attached hydrogen (secondary N) is 1. The van der Waals surface area contributed by atoms with E-state index in [2.05, 4.69) is 10.4 Å². The van der Waals surface area contributed by atoms with Crippen molar-refractivity contribution < 1.29 is 9.21 Å². The summed E-state index contributed by atoms with van der Waals surface area (Å²) >= 11 is 1.57. The monoisotopic (exact) mass is 356 g/mol. The lowest BCUT2D eigenvalue weighted by Crippen LogP contribution is -2.37. The van der Waals surface area contributed by atoms with E-state index in [9.17, 15) is 9.59 Å². The highest BCUT2D eigenvalue weighted by molar-refractivity contribution is 7.09. The van der Waals surface area contributed by atoms with Gasteiger partial charge in [-0.2, -0.15) is 5.10 Å². The van der Waals surface area contributed by atoms with Crippen LogP contribution in [0, 0.1) is 6.92 Å². The maximum Gasteiger partial charge on any atom is 0.291 e. The summed E-state index contributed by atoms with van der Waals surface area (Å²) in [6, 6.07) is 6.64. The summed E-state index contributed by atoms with van der Waals surface area (Å²) in [5.74, 6) is 0.367. The van der Waals surface area contributed by atoms with E-state index < -0.39 is 6.04 Å². The zero-order valence-corrected chi connectivity index (χ0v) is 14.5. The number of furan rings is 1. The Labute approximate surface area is 146 Å². The Morgan fingerprint density at radius 2 is 2.24 bits per heavy atom. The SMILES string of the molecule is Cc1nn(C(C)C(=O)NCc2cccs2)c(=O)c2cc3occc3n12. The van der Waals surface area contributed by atoms with Crippen molar-refractivity contribution in [1.82, 2.24) is 19.5 Å². The van der Waals surface area contributed by atoms with E-state index in [1.54, 1.807) is 48.0 Å². The van der Waals surface area contributed by atoms with Crippen LogP contribution >= 0.6 is 11.3 Å². The first kappa shape index (κ1) is 15.6. The molecule has 4 aromatic heterocycles. The summed E-state index contributed by atoms with van der Waals surface area (Å²) in [5, 5.41) is 9.14. The van der Waals surface area contributed by atoms with Crippen LogP contribution < -0.4 is 10.9 Å². The molecule has 4 aromatic rings. The average molecular weight is 356 g/mol. The molecule has 1 unspecified atom stereocenters. The number of rotatable bonds is 4. The highest BCUT2D eigenvalue weighted by Gasteiger charge is 2.21. The van der Waals surface area contributed by atoms with Crippen LogP contribution in [0.15, 0.2) is 45.1 Å². The van der Waals surface area contributed by atoms with Crippen molar-refractivity contribution in [3.05, 3.63) is 57.0 Å². The van der Waals surface area contributed by atoms with Gasteiger partial charge in [0.1, 0.15) is 17.4 Å². The van der Waals surface area contributed by atoms with Gasteiger partial charge in [0.15, 0.2) is 5.58 Å². The van der Waals surface area contributed by atoms with E-state index in [0.29, 0.717) is 23.5 Å². The molecule has 1 amide bonds. The predicted octanol–water partition coefficient (Wildman–Crippen LogP) is 2.49. The lowest BCUT2D eigenvalue weighted by Gasteiger charge is -2.15. The molecule has 7 nitrogen and oxygen atoms in total. The Hall–Kier alpha value is -2.87. The highest BCUT2D eigenvalue weighted by atomic mass is 32.1. The van der Waals surface area contributed by atoms with Gasteiger partial charge in [0.05, 0.1) is 18.3 Å². The van der Waals surface area contributed by atoms with Crippen LogP contribution in [-0.2, 0) is 11.3 Å². The Morgan fingerprint density at radius 1 is 1.40 bits per heavy atom. The summed E-state index contributed by atoms with van der Waals surface area (Å²) in [6.07, 6.45) is 1.57. The second-order valence-corrected chi connectivity index (χ2v) is 6.84. The van der Waals surface area contributed by atoms with Gasteiger partial charge in [-0.05, 0) is 25.3 Å². The fraction of sp³-hybridized carbons (Fsp3) is 0.235. The first-order chi connectivity index (χ1) is 12.1. The van der Waals surface area contributed by atoms with E-state index >= 15 is 0 Å². The largest absolute Gasteiger partial charge is 0.463 e. The fourth-order valence-corrected chi connectivity index (χ4v) is 3.55. The van der Waals surface area contributed by atoms with E-state index in [1.165, 1.54) is 4.68 Å². The summed E-state index contributed by atoms with van der Waals surface area (Å²) in [5.41, 5.74) is 1.53. The van der Waals surface area contributed by atoms with E-state index in [4.69, 9.17) is 4.42 Å². The Bertz CT molecular complexity index is 1120. The minimum Gasteiger partial charge on any atom is -0.463 e. The molecule has 1 N–H and O–H groups in total. The number of aromatic nitrogens is 3. The first-order valence-corrected chi connectivity index (χ1v) is 8.72. The summed E-state index contributed by atoms with van der Waals surface area (Å²) in [6.45, 7) is 3.90. The summed E-state index contributed by atoms with van der Waals surface area (Å²) in [4.78, 5) is 26.3. The van der Waals surface area contributed by atoms with Crippen molar-refractivity contribution in [2.75, 3.05) is 0 Å². The number of hydrogen-bond acceptors (Lipinski definition) is 5. The molecule has 0 saturated heterocycles. The minimum absolute atomic E-state index is 0.248. The third kappa shape index (κ3) is 2.54. The molecule has 0 bridgehead atoms. The molecule has 0 aliphatic heterocycles. The van der Waals surface area contributed by atoms with Crippen LogP contribution in [0.5, 0.6) is 0 Å². The molecule has 0 aliphatic carbocycles. The molecule has 4 rings (SSSR count). The van der Waals surface area contributed by atoms with Crippen LogP contribution in [0.4, 0.5) is 0 Å². The van der Waals surface area contributed by atoms with Crippen LogP contribution in [0.25, 0.3) is 16.6 Å². The molecule has 8 heteroatoms. The van der Waals surface area contributed by atoms with Gasteiger partial charge in [0, 0.05) is 17.0 Å². The van der Waals surface area contributed by atoms with Gasteiger partial charge < -0.3 is 9.73 Å². The lowest BCUT2D eigenvalue weighted by atomic mass is 10.3. The lowest BCUT2D eigenvalue weighted by molar-refractivity contribution is -0.124. The predicted molar refractivity (Wildman–Crippen MR) is 94.8 cm³/mol. The van der Waals surface area contributed by atoms with Crippen LogP contribution in [0.3, 0.4) is 0 Å². The molecule has 0 fully saturated rings. The van der Waals surface area contributed by atoms with Gasteiger partial charge in [-0.15, -0.1) is 11.3 Å². The van der Waals surface area contributed by atoms with Gasteiger partial charge in [0.25, 0.3) is 5.56 Å². The van der Waals surface area contributed by atoms with Gasteiger partial charge in [-0.25, -0.2) is 4.68 Å². The quantitative estimate of drug-likeness (QED) is 0.609. The molecule has 1 atom stereocenters. The second kappa shape index (κ2) is 5.89. The number of fused-ring (bicyclic) bond motifs is 3. The smallest absolute Gasteiger partial charge is 0.291 e. The number of thiophene rings is 1. The highest BCUT2D eigenvalue weighted by Crippen LogP contribution is 2.20. The summed E-state index contributed by atoms with van der Waals surface area (Å²) < 4.78 is 8.34. The van der Waals surface area contributed by atoms with Crippen LogP contribution in [0.2, 0.25) is 0 Å². The van der Waals surface area contributed by atoms with Crippen LogP contribution in [0.1, 0.15) is 23.7 Å². The molecule has 128 valence electrons. The summed E-state index contributed by atoms with van der Waals surface area (Å²) in [7, 11) is 0. The van der Waals surface area contributed by atoms with Crippen molar-refractivity contribution in [2.24, 2.45) is 0 Å². The minimum atomic E-state index is -0.711. The number of carbonyl (C=O) groups excluding carboxylic acids is 1. The van der Waals surface area contributed by atoms with E-state index in [-0.39, 0.29) is 11.5 Å². The molecule has 25 heavy (non-hydrogen) atoms. The zero-order valence-electron chi connectivity index (χ0n) is 13.7. The van der Waals surface area contributed by atoms with Crippen molar-refractivity contribution in [2.45, 2.75) is 26.4 Å². The van der Waals surface area contributed by atoms with Gasteiger partial charge in [-0.1, -0.05) is 6.07 Å². The molecular formula is C17H16N4O3S. The maximum atomic E-state index is 12.8. The van der Waals surface area contributed by atoms with Gasteiger partial charge in [0.2, 0.25) is 5.91 Å². The van der Waals surface area contributed by atoms with Crippen molar-refractivity contribution >= 4 is 33.9 Å². The molecule has 4 heterocycles. The molecule has 0 aliphatic rings. The van der Waals surface area contributed by atoms with Crippen molar-refractivity contribution in [3.63, 3.8) is 0 Å². The number of aryl methyl sites for hydroxylation is 1. The number of nitrogens with zero attached hydrogens (tertiary/aromatic N) is 3. The Balaban J connectivity index is 1.69. The van der Waals surface area contributed by atoms with Crippen LogP contribution in [-0.4, -0.2) is 20.1 Å². The van der Waals surface area contributed by atoms with Gasteiger partial charge in [-0.3, -0.25) is 14.0 Å². The third-order valence-corrected chi connectivity index (χ3v) is 5.07. The normalized spacial score (nSPS) is 12.7. The molecule has 0 saturated carbocycles. The van der Waals surface area contributed by atoms with E-state index in [1.807, 2.05) is 17.5 Å². The standard InChI is InChI=1S/C17H16N4O3S/c1-10(16(22)18-9-12-4-3-7-25-12)21-17(23)14-8-15-13(5-6-24-15)20(14)11(2)19-21/h3-8,10H,9H2,1-2H3,(H,18,22). The maximum absolute atomic E-state index is 12.8. The second-order valence-electron chi connectivity index (χ2n) is 5.81. The fourth-order valence-electron chi connectivity index (χ4n) is 2.90. The number of hydrogen-bond donors (Lipinski definition) is 1. The average Bonchev–Trinajstić information content (AvgIpc) is 3.31. The Morgan fingerprint density at radius 3 is 3.00 bits per heavy atom. The topological polar surface area (TPSA) is 81.5 Å². The van der Waals surface area contributed by atoms with Crippen molar-refractivity contribution in [1.29, 1.82) is 0 Å². The third-order valence-electron chi connectivity index (χ3n) is 4.19. The Kier molecular flexibility index (Phi) is 3.69. The van der Waals surface area contributed by atoms with Gasteiger partial charge >= 0.3 is 0 Å². The zero-order chi connectivity index (χ0) is 17.6. The number of carbonyl (C=O) groups is 1. The molecule has 0 aromatic carbocycles. The first-order valence-electron chi connectivity index (χ1n) is 7.84. The molecular weight excluding hydrogens is 340 g/mol. The van der Waals surface area contributed by atoms with E-state index in [0.717, 1.165) is 10.4 Å².